The third-order valence-corrected chi connectivity index (χ3v) is 2.49. The molecule has 0 aromatic heterocycles. The van der Waals surface area contributed by atoms with Crippen molar-refractivity contribution in [3.63, 3.8) is 0 Å². The van der Waals surface area contributed by atoms with Gasteiger partial charge in [0.1, 0.15) is 0 Å². The molecule has 2 rings (SSSR count). The second-order valence-electron chi connectivity index (χ2n) is 3.10. The van der Waals surface area contributed by atoms with Crippen LogP contribution in [0.15, 0.2) is 0 Å². The molecule has 2 atom stereocenters. The molecule has 0 aromatic rings. The highest BCUT2D eigenvalue weighted by molar-refractivity contribution is 5.85. The van der Waals surface area contributed by atoms with Gasteiger partial charge in [-0.25, -0.2) is 0 Å². The van der Waals surface area contributed by atoms with Crippen LogP contribution in [0.4, 0.5) is 0 Å². The van der Waals surface area contributed by atoms with Gasteiger partial charge in [-0.3, -0.25) is 4.79 Å². The van der Waals surface area contributed by atoms with E-state index >= 15 is 0 Å². The molecule has 0 radical (unpaired) electrons. The number of rotatable bonds is 0. The summed E-state index contributed by atoms with van der Waals surface area (Å²) in [7, 11) is 0. The molecule has 0 aliphatic carbocycles. The molecule has 0 unspecified atom stereocenters. The maximum atomic E-state index is 11.1. The van der Waals surface area contributed by atoms with Crippen LogP contribution in [0.3, 0.4) is 0 Å². The summed E-state index contributed by atoms with van der Waals surface area (Å²) < 4.78 is 0. The van der Waals surface area contributed by atoms with Crippen molar-refractivity contribution in [3.8, 4) is 0 Å². The fourth-order valence-corrected chi connectivity index (χ4v) is 1.86. The van der Waals surface area contributed by atoms with Gasteiger partial charge in [0, 0.05) is 13.1 Å². The lowest BCUT2D eigenvalue weighted by Crippen LogP contribution is -2.41. The minimum atomic E-state index is 0. The van der Waals surface area contributed by atoms with E-state index in [0.29, 0.717) is 5.92 Å². The third-order valence-electron chi connectivity index (χ3n) is 2.49. The summed E-state index contributed by atoms with van der Waals surface area (Å²) in [6.07, 6.45) is 1.16. The molecule has 2 aliphatic rings. The Morgan fingerprint density at radius 3 is 2.91 bits per heavy atom. The first-order valence-corrected chi connectivity index (χ1v) is 3.86. The standard InChI is InChI=1S/C7H12N2O.ClH/c10-7-6-4-8-3-5(6)1-2-9-7;/h5-6,8H,1-4H2,(H,9,10);1H/t5-,6+;/m0./s1. The van der Waals surface area contributed by atoms with Gasteiger partial charge < -0.3 is 10.6 Å². The van der Waals surface area contributed by atoms with Crippen molar-refractivity contribution in [2.75, 3.05) is 19.6 Å². The smallest absolute Gasteiger partial charge is 0.224 e. The topological polar surface area (TPSA) is 41.1 Å². The van der Waals surface area contributed by atoms with Gasteiger partial charge in [0.15, 0.2) is 0 Å². The highest BCUT2D eigenvalue weighted by atomic mass is 35.5. The van der Waals surface area contributed by atoms with Gasteiger partial charge in [-0.15, -0.1) is 12.4 Å². The number of halogens is 1. The van der Waals surface area contributed by atoms with Gasteiger partial charge in [-0.1, -0.05) is 0 Å². The average molecular weight is 177 g/mol. The summed E-state index contributed by atoms with van der Waals surface area (Å²) in [5.74, 6) is 1.14. The number of hydrogen-bond acceptors (Lipinski definition) is 2. The van der Waals surface area contributed by atoms with Crippen molar-refractivity contribution in [3.05, 3.63) is 0 Å². The highest BCUT2D eigenvalue weighted by Crippen LogP contribution is 2.22. The van der Waals surface area contributed by atoms with Crippen LogP contribution in [0.25, 0.3) is 0 Å². The molecule has 11 heavy (non-hydrogen) atoms. The second kappa shape index (κ2) is 3.41. The summed E-state index contributed by atoms with van der Waals surface area (Å²) in [5, 5.41) is 6.11. The first-order chi connectivity index (χ1) is 4.88. The molecule has 0 aromatic carbocycles. The Hall–Kier alpha value is -0.280. The number of piperidine rings is 1. The van der Waals surface area contributed by atoms with Crippen LogP contribution in [0.2, 0.25) is 0 Å². The Balaban J connectivity index is 0.000000605. The number of nitrogens with one attached hydrogen (secondary N) is 2. The molecule has 64 valence electrons. The zero-order valence-corrected chi connectivity index (χ0v) is 7.12. The van der Waals surface area contributed by atoms with Crippen LogP contribution in [-0.2, 0) is 4.79 Å². The monoisotopic (exact) mass is 176 g/mol. The highest BCUT2D eigenvalue weighted by Gasteiger charge is 2.35. The van der Waals surface area contributed by atoms with Crippen LogP contribution in [0.1, 0.15) is 6.42 Å². The van der Waals surface area contributed by atoms with Crippen molar-refractivity contribution in [2.24, 2.45) is 11.8 Å². The average Bonchev–Trinajstić information content (AvgIpc) is 2.36. The number of hydrogen-bond donors (Lipinski definition) is 2. The van der Waals surface area contributed by atoms with Crippen LogP contribution >= 0.6 is 12.4 Å². The maximum Gasteiger partial charge on any atom is 0.224 e. The van der Waals surface area contributed by atoms with Crippen molar-refractivity contribution in [1.82, 2.24) is 10.6 Å². The molecule has 0 saturated carbocycles. The molecule has 0 spiro atoms. The Kier molecular flexibility index (Phi) is 2.73. The predicted octanol–water partition coefficient (Wildman–Crippen LogP) is -0.236. The maximum absolute atomic E-state index is 11.1. The predicted molar refractivity (Wildman–Crippen MR) is 44.7 cm³/mol. The largest absolute Gasteiger partial charge is 0.356 e. The molecule has 2 aliphatic heterocycles. The van der Waals surface area contributed by atoms with Gasteiger partial charge in [0.25, 0.3) is 0 Å². The molecule has 1 amide bonds. The normalized spacial score (nSPS) is 35.5. The lowest BCUT2D eigenvalue weighted by atomic mass is 9.89. The fourth-order valence-electron chi connectivity index (χ4n) is 1.86. The van der Waals surface area contributed by atoms with E-state index in [1.807, 2.05) is 0 Å². The number of fused-ring (bicyclic) bond motifs is 1. The van der Waals surface area contributed by atoms with Crippen LogP contribution in [-0.4, -0.2) is 25.5 Å². The first kappa shape index (κ1) is 8.81. The fraction of sp³-hybridized carbons (Fsp3) is 0.857. The van der Waals surface area contributed by atoms with Gasteiger partial charge in [0.2, 0.25) is 5.91 Å². The second-order valence-corrected chi connectivity index (χ2v) is 3.10. The quantitative estimate of drug-likeness (QED) is 0.535. The molecular weight excluding hydrogens is 164 g/mol. The number of carbonyl (C=O) groups is 1. The molecular formula is C7H13ClN2O. The minimum Gasteiger partial charge on any atom is -0.356 e. The van der Waals surface area contributed by atoms with E-state index in [2.05, 4.69) is 10.6 Å². The van der Waals surface area contributed by atoms with Crippen molar-refractivity contribution in [1.29, 1.82) is 0 Å². The third kappa shape index (κ3) is 1.49. The van der Waals surface area contributed by atoms with Crippen molar-refractivity contribution in [2.45, 2.75) is 6.42 Å². The lowest BCUT2D eigenvalue weighted by molar-refractivity contribution is -0.127. The van der Waals surface area contributed by atoms with E-state index in [1.54, 1.807) is 0 Å². The zero-order valence-electron chi connectivity index (χ0n) is 6.30. The van der Waals surface area contributed by atoms with Gasteiger partial charge >= 0.3 is 0 Å². The van der Waals surface area contributed by atoms with Gasteiger partial charge in [-0.2, -0.15) is 0 Å². The summed E-state index contributed by atoms with van der Waals surface area (Å²) in [5.41, 5.74) is 0. The zero-order chi connectivity index (χ0) is 6.97. The summed E-state index contributed by atoms with van der Waals surface area (Å²) >= 11 is 0. The Morgan fingerprint density at radius 2 is 2.18 bits per heavy atom. The van der Waals surface area contributed by atoms with Crippen LogP contribution < -0.4 is 10.6 Å². The SMILES string of the molecule is Cl.O=C1NCC[C@H]2CNC[C@@H]12. The molecule has 2 N–H and O–H groups in total. The van der Waals surface area contributed by atoms with E-state index in [-0.39, 0.29) is 24.2 Å². The summed E-state index contributed by atoms with van der Waals surface area (Å²) in [6.45, 7) is 2.80. The Bertz CT molecular complexity index is 163. The van der Waals surface area contributed by atoms with E-state index in [4.69, 9.17) is 0 Å². The first-order valence-electron chi connectivity index (χ1n) is 3.86. The van der Waals surface area contributed by atoms with E-state index < -0.39 is 0 Å². The van der Waals surface area contributed by atoms with Crippen LogP contribution in [0, 0.1) is 11.8 Å². The van der Waals surface area contributed by atoms with E-state index in [0.717, 1.165) is 26.1 Å². The number of carbonyl (C=O) groups excluding carboxylic acids is 1. The van der Waals surface area contributed by atoms with Crippen molar-refractivity contribution >= 4 is 18.3 Å². The molecule has 2 heterocycles. The van der Waals surface area contributed by atoms with Gasteiger partial charge in [0.05, 0.1) is 5.92 Å². The summed E-state index contributed by atoms with van der Waals surface area (Å²) in [6, 6.07) is 0. The van der Waals surface area contributed by atoms with E-state index in [1.165, 1.54) is 0 Å². The van der Waals surface area contributed by atoms with Gasteiger partial charge in [-0.05, 0) is 18.9 Å². The lowest BCUT2D eigenvalue weighted by Gasteiger charge is -2.23. The Labute approximate surface area is 72.3 Å². The van der Waals surface area contributed by atoms with E-state index in [9.17, 15) is 4.79 Å². The van der Waals surface area contributed by atoms with Crippen molar-refractivity contribution < 1.29 is 4.79 Å². The summed E-state index contributed by atoms with van der Waals surface area (Å²) in [4.78, 5) is 11.1. The minimum absolute atomic E-state index is 0. The molecule has 4 heteroatoms. The molecule has 3 nitrogen and oxygen atoms in total. The number of amides is 1. The Morgan fingerprint density at radius 1 is 1.36 bits per heavy atom. The molecule has 2 fully saturated rings. The molecule has 0 bridgehead atoms. The van der Waals surface area contributed by atoms with Crippen LogP contribution in [0.5, 0.6) is 0 Å². The molecule has 2 saturated heterocycles.